The van der Waals surface area contributed by atoms with Crippen molar-refractivity contribution in [2.24, 2.45) is 11.7 Å². The van der Waals surface area contributed by atoms with Crippen LogP contribution in [0.25, 0.3) is 0 Å². The first kappa shape index (κ1) is 11.9. The number of hydrogen-bond acceptors (Lipinski definition) is 4. The molecule has 1 saturated carbocycles. The molecule has 1 fully saturated rings. The highest BCUT2D eigenvalue weighted by Crippen LogP contribution is 2.28. The Morgan fingerprint density at radius 1 is 1.40 bits per heavy atom. The number of ether oxygens (including phenoxy) is 1. The molecule has 4 N–H and O–H groups in total. The van der Waals surface area contributed by atoms with E-state index in [2.05, 4.69) is 5.32 Å². The Kier molecular flexibility index (Phi) is 5.06. The molecule has 1 rings (SSSR count). The third-order valence-corrected chi connectivity index (χ3v) is 2.02. The number of carbonyl (C=O) groups is 2. The van der Waals surface area contributed by atoms with E-state index in [1.807, 2.05) is 5.32 Å². The van der Waals surface area contributed by atoms with Gasteiger partial charge in [0.15, 0.2) is 0 Å². The van der Waals surface area contributed by atoms with Gasteiger partial charge in [0.1, 0.15) is 0 Å². The van der Waals surface area contributed by atoms with Crippen LogP contribution in [0.4, 0.5) is 4.79 Å². The number of urea groups is 1. The molecular weight excluding hydrogens is 198 g/mol. The summed E-state index contributed by atoms with van der Waals surface area (Å²) in [5.41, 5.74) is 4.76. The minimum absolute atomic E-state index is 0.0791. The summed E-state index contributed by atoms with van der Waals surface area (Å²) in [6, 6.07) is -0.827. The molecule has 0 aromatic rings. The first-order valence-electron chi connectivity index (χ1n) is 5.06. The standard InChI is InChI=1S/C9H17N3O3/c10-9(14)12-8(13)5-11-3-4-15-6-7-1-2-7/h7,11H,1-6H2,(H3,10,12,13,14). The molecule has 6 heteroatoms. The van der Waals surface area contributed by atoms with Gasteiger partial charge in [-0.15, -0.1) is 0 Å². The van der Waals surface area contributed by atoms with Gasteiger partial charge < -0.3 is 15.8 Å². The summed E-state index contributed by atoms with van der Waals surface area (Å²) in [7, 11) is 0. The van der Waals surface area contributed by atoms with Crippen molar-refractivity contribution in [3.63, 3.8) is 0 Å². The molecule has 0 atom stereocenters. The second kappa shape index (κ2) is 6.36. The maximum Gasteiger partial charge on any atom is 0.318 e. The zero-order valence-corrected chi connectivity index (χ0v) is 8.62. The third-order valence-electron chi connectivity index (χ3n) is 2.02. The van der Waals surface area contributed by atoms with E-state index in [0.717, 1.165) is 12.5 Å². The van der Waals surface area contributed by atoms with Crippen molar-refractivity contribution in [1.29, 1.82) is 0 Å². The lowest BCUT2D eigenvalue weighted by atomic mass is 10.5. The van der Waals surface area contributed by atoms with Crippen LogP contribution in [0.5, 0.6) is 0 Å². The average molecular weight is 215 g/mol. The van der Waals surface area contributed by atoms with Gasteiger partial charge in [-0.25, -0.2) is 4.79 Å². The lowest BCUT2D eigenvalue weighted by molar-refractivity contribution is -0.119. The highest BCUT2D eigenvalue weighted by atomic mass is 16.5. The number of imide groups is 1. The van der Waals surface area contributed by atoms with Gasteiger partial charge in [0.25, 0.3) is 0 Å². The third kappa shape index (κ3) is 6.87. The van der Waals surface area contributed by atoms with Crippen molar-refractivity contribution in [2.45, 2.75) is 12.8 Å². The smallest absolute Gasteiger partial charge is 0.318 e. The van der Waals surface area contributed by atoms with E-state index in [1.54, 1.807) is 0 Å². The Morgan fingerprint density at radius 2 is 2.13 bits per heavy atom. The summed E-state index contributed by atoms with van der Waals surface area (Å²) >= 11 is 0. The molecule has 86 valence electrons. The number of carbonyl (C=O) groups excluding carboxylic acids is 2. The monoisotopic (exact) mass is 215 g/mol. The summed E-state index contributed by atoms with van der Waals surface area (Å²) in [4.78, 5) is 21.2. The normalized spacial score (nSPS) is 14.9. The van der Waals surface area contributed by atoms with E-state index in [9.17, 15) is 9.59 Å². The van der Waals surface area contributed by atoms with Crippen LogP contribution in [0.1, 0.15) is 12.8 Å². The van der Waals surface area contributed by atoms with Crippen LogP contribution in [0.15, 0.2) is 0 Å². The fraction of sp³-hybridized carbons (Fsp3) is 0.778. The van der Waals surface area contributed by atoms with Crippen LogP contribution in [-0.2, 0) is 9.53 Å². The summed E-state index contributed by atoms with van der Waals surface area (Å²) < 4.78 is 5.33. The second-order valence-corrected chi connectivity index (χ2v) is 3.61. The minimum Gasteiger partial charge on any atom is -0.380 e. The van der Waals surface area contributed by atoms with E-state index in [4.69, 9.17) is 10.5 Å². The largest absolute Gasteiger partial charge is 0.380 e. The molecule has 0 unspecified atom stereocenters. The fourth-order valence-corrected chi connectivity index (χ4v) is 1.06. The highest BCUT2D eigenvalue weighted by molar-refractivity contribution is 5.94. The lowest BCUT2D eigenvalue weighted by Gasteiger charge is -2.04. The first-order chi connectivity index (χ1) is 7.18. The van der Waals surface area contributed by atoms with Crippen LogP contribution >= 0.6 is 0 Å². The SMILES string of the molecule is NC(=O)NC(=O)CNCCOCC1CC1. The molecule has 0 aromatic heterocycles. The predicted molar refractivity (Wildman–Crippen MR) is 54.1 cm³/mol. The van der Waals surface area contributed by atoms with E-state index in [0.29, 0.717) is 13.2 Å². The summed E-state index contributed by atoms with van der Waals surface area (Å²) in [5, 5.41) is 4.80. The molecular formula is C9H17N3O3. The number of amides is 3. The molecule has 6 nitrogen and oxygen atoms in total. The van der Waals surface area contributed by atoms with Gasteiger partial charge in [-0.2, -0.15) is 0 Å². The van der Waals surface area contributed by atoms with Crippen LogP contribution in [0.3, 0.4) is 0 Å². The average Bonchev–Trinajstić information content (AvgIpc) is 2.93. The van der Waals surface area contributed by atoms with Gasteiger partial charge >= 0.3 is 6.03 Å². The maximum atomic E-state index is 10.9. The van der Waals surface area contributed by atoms with Crippen molar-refractivity contribution in [3.05, 3.63) is 0 Å². The van der Waals surface area contributed by atoms with Crippen molar-refractivity contribution < 1.29 is 14.3 Å². The molecule has 1 aliphatic rings. The number of primary amides is 1. The quantitative estimate of drug-likeness (QED) is 0.484. The van der Waals surface area contributed by atoms with Crippen molar-refractivity contribution in [1.82, 2.24) is 10.6 Å². The number of rotatable bonds is 7. The van der Waals surface area contributed by atoms with Gasteiger partial charge in [-0.1, -0.05) is 0 Å². The Hall–Kier alpha value is -1.14. The van der Waals surface area contributed by atoms with E-state index < -0.39 is 11.9 Å². The Balaban J connectivity index is 1.82. The van der Waals surface area contributed by atoms with Crippen LogP contribution in [0, 0.1) is 5.92 Å². The van der Waals surface area contributed by atoms with Gasteiger partial charge in [0.2, 0.25) is 5.91 Å². The molecule has 0 aromatic carbocycles. The van der Waals surface area contributed by atoms with Crippen molar-refractivity contribution >= 4 is 11.9 Å². The van der Waals surface area contributed by atoms with E-state index in [-0.39, 0.29) is 6.54 Å². The summed E-state index contributed by atoms with van der Waals surface area (Å²) in [6.45, 7) is 2.07. The minimum atomic E-state index is -0.827. The Bertz CT molecular complexity index is 229. The molecule has 0 radical (unpaired) electrons. The van der Waals surface area contributed by atoms with Gasteiger partial charge in [-0.05, 0) is 18.8 Å². The van der Waals surface area contributed by atoms with E-state index in [1.165, 1.54) is 12.8 Å². The maximum absolute atomic E-state index is 10.9. The van der Waals surface area contributed by atoms with Gasteiger partial charge in [-0.3, -0.25) is 10.1 Å². The Labute approximate surface area is 88.5 Å². The Morgan fingerprint density at radius 3 is 2.73 bits per heavy atom. The van der Waals surface area contributed by atoms with Crippen LogP contribution in [-0.4, -0.2) is 38.2 Å². The molecule has 3 amide bonds. The zero-order chi connectivity index (χ0) is 11.1. The molecule has 0 saturated heterocycles. The number of hydrogen-bond donors (Lipinski definition) is 3. The lowest BCUT2D eigenvalue weighted by Crippen LogP contribution is -2.41. The van der Waals surface area contributed by atoms with Crippen molar-refractivity contribution in [3.8, 4) is 0 Å². The molecule has 0 spiro atoms. The molecule has 0 bridgehead atoms. The van der Waals surface area contributed by atoms with Crippen LogP contribution < -0.4 is 16.4 Å². The highest BCUT2D eigenvalue weighted by Gasteiger charge is 2.20. The topological polar surface area (TPSA) is 93.5 Å². The second-order valence-electron chi connectivity index (χ2n) is 3.61. The first-order valence-corrected chi connectivity index (χ1v) is 5.06. The van der Waals surface area contributed by atoms with Gasteiger partial charge in [0.05, 0.1) is 13.2 Å². The summed E-state index contributed by atoms with van der Waals surface area (Å²) in [5.74, 6) is 0.327. The molecule has 0 aliphatic heterocycles. The van der Waals surface area contributed by atoms with Gasteiger partial charge in [0, 0.05) is 13.2 Å². The molecule has 0 heterocycles. The number of nitrogens with two attached hydrogens (primary N) is 1. The predicted octanol–water partition coefficient (Wildman–Crippen LogP) is -0.802. The van der Waals surface area contributed by atoms with Crippen molar-refractivity contribution in [2.75, 3.05) is 26.3 Å². The zero-order valence-electron chi connectivity index (χ0n) is 8.62. The summed E-state index contributed by atoms with van der Waals surface area (Å²) in [6.07, 6.45) is 2.54. The van der Waals surface area contributed by atoms with Crippen LogP contribution in [0.2, 0.25) is 0 Å². The molecule has 15 heavy (non-hydrogen) atoms. The molecule has 1 aliphatic carbocycles. The fourth-order valence-electron chi connectivity index (χ4n) is 1.06. The number of nitrogens with one attached hydrogen (secondary N) is 2. The van der Waals surface area contributed by atoms with E-state index >= 15 is 0 Å².